The molecule has 1 N–H and O–H groups in total. The molecule has 1 aromatic rings. The normalized spacial score (nSPS) is 24.2. The molecule has 1 aliphatic rings. The topological polar surface area (TPSA) is 12.0 Å². The van der Waals surface area contributed by atoms with E-state index in [1.54, 1.807) is 0 Å². The summed E-state index contributed by atoms with van der Waals surface area (Å²) in [4.78, 5) is 0. The zero-order valence-corrected chi connectivity index (χ0v) is 12.4. The minimum atomic E-state index is 0.638. The predicted octanol–water partition coefficient (Wildman–Crippen LogP) is 4.70. The molecule has 100 valence electrons. The van der Waals surface area contributed by atoms with E-state index in [9.17, 15) is 0 Å². The first-order valence-electron chi connectivity index (χ1n) is 6.88. The number of benzene rings is 1. The molecule has 0 bridgehead atoms. The van der Waals surface area contributed by atoms with Crippen LogP contribution in [0.15, 0.2) is 18.2 Å². The molecule has 0 heterocycles. The van der Waals surface area contributed by atoms with Crippen molar-refractivity contribution < 1.29 is 0 Å². The maximum Gasteiger partial charge on any atom is 0.0624 e. The highest BCUT2D eigenvalue weighted by atomic mass is 35.5. The van der Waals surface area contributed by atoms with Gasteiger partial charge >= 0.3 is 0 Å². The van der Waals surface area contributed by atoms with E-state index in [0.717, 1.165) is 18.0 Å². The fourth-order valence-electron chi connectivity index (χ4n) is 2.97. The van der Waals surface area contributed by atoms with Gasteiger partial charge in [-0.05, 0) is 43.4 Å². The molecule has 18 heavy (non-hydrogen) atoms. The second-order valence-electron chi connectivity index (χ2n) is 5.13. The van der Waals surface area contributed by atoms with Crippen molar-refractivity contribution in [3.8, 4) is 0 Å². The Morgan fingerprint density at radius 3 is 2.78 bits per heavy atom. The second kappa shape index (κ2) is 6.79. The molecule has 0 saturated heterocycles. The Hall–Kier alpha value is -0.240. The number of hydrogen-bond acceptors (Lipinski definition) is 1. The van der Waals surface area contributed by atoms with E-state index in [4.69, 9.17) is 23.2 Å². The molecule has 2 unspecified atom stereocenters. The minimum Gasteiger partial charge on any atom is -0.314 e. The van der Waals surface area contributed by atoms with Gasteiger partial charge in [0.1, 0.15) is 0 Å². The Morgan fingerprint density at radius 1 is 1.22 bits per heavy atom. The van der Waals surface area contributed by atoms with Crippen LogP contribution >= 0.6 is 23.2 Å². The first kappa shape index (κ1) is 14.2. The monoisotopic (exact) mass is 285 g/mol. The molecule has 2 rings (SSSR count). The van der Waals surface area contributed by atoms with Gasteiger partial charge in [-0.1, -0.05) is 55.1 Å². The quantitative estimate of drug-likeness (QED) is 0.845. The molecule has 1 aromatic carbocycles. The Balaban J connectivity index is 2.08. The summed E-state index contributed by atoms with van der Waals surface area (Å²) in [6, 6.07) is 6.59. The summed E-state index contributed by atoms with van der Waals surface area (Å²) in [5, 5.41) is 5.02. The van der Waals surface area contributed by atoms with Gasteiger partial charge in [-0.3, -0.25) is 0 Å². The van der Waals surface area contributed by atoms with E-state index in [-0.39, 0.29) is 0 Å². The first-order valence-corrected chi connectivity index (χ1v) is 7.64. The van der Waals surface area contributed by atoms with Crippen LogP contribution in [0.25, 0.3) is 0 Å². The van der Waals surface area contributed by atoms with Crippen LogP contribution in [0.3, 0.4) is 0 Å². The van der Waals surface area contributed by atoms with Gasteiger partial charge in [0, 0.05) is 6.04 Å². The second-order valence-corrected chi connectivity index (χ2v) is 5.91. The Kier molecular flexibility index (Phi) is 5.35. The van der Waals surface area contributed by atoms with Crippen LogP contribution in [0.2, 0.25) is 10.0 Å². The lowest BCUT2D eigenvalue weighted by molar-refractivity contribution is 0.264. The van der Waals surface area contributed by atoms with Crippen molar-refractivity contribution in [3.05, 3.63) is 33.8 Å². The van der Waals surface area contributed by atoms with Crippen molar-refractivity contribution in [2.45, 2.75) is 45.1 Å². The van der Waals surface area contributed by atoms with Crippen molar-refractivity contribution in [2.75, 3.05) is 6.54 Å². The van der Waals surface area contributed by atoms with E-state index >= 15 is 0 Å². The van der Waals surface area contributed by atoms with Crippen LogP contribution in [-0.4, -0.2) is 12.6 Å². The van der Waals surface area contributed by atoms with Gasteiger partial charge in [0.15, 0.2) is 0 Å². The average Bonchev–Trinajstić information content (AvgIpc) is 2.37. The zero-order chi connectivity index (χ0) is 13.0. The van der Waals surface area contributed by atoms with Gasteiger partial charge in [0.25, 0.3) is 0 Å². The zero-order valence-electron chi connectivity index (χ0n) is 10.9. The lowest BCUT2D eigenvalue weighted by Crippen LogP contribution is -2.39. The molecule has 0 aliphatic heterocycles. The van der Waals surface area contributed by atoms with Crippen LogP contribution < -0.4 is 5.32 Å². The van der Waals surface area contributed by atoms with Crippen LogP contribution in [0.4, 0.5) is 0 Å². The molecule has 2 atom stereocenters. The van der Waals surface area contributed by atoms with E-state index in [1.807, 2.05) is 12.1 Å². The molecule has 1 fully saturated rings. The van der Waals surface area contributed by atoms with Gasteiger partial charge in [0.2, 0.25) is 0 Å². The van der Waals surface area contributed by atoms with Crippen LogP contribution in [0.1, 0.15) is 38.2 Å². The van der Waals surface area contributed by atoms with Gasteiger partial charge in [-0.25, -0.2) is 0 Å². The number of halogens is 2. The summed E-state index contributed by atoms with van der Waals surface area (Å²) in [7, 11) is 0. The van der Waals surface area contributed by atoms with Gasteiger partial charge < -0.3 is 5.32 Å². The summed E-state index contributed by atoms with van der Waals surface area (Å²) < 4.78 is 0. The Labute approximate surface area is 120 Å². The summed E-state index contributed by atoms with van der Waals surface area (Å²) >= 11 is 12.4. The standard InChI is InChI=1S/C15H21Cl2N/c1-2-18-14-9-4-3-6-11(14)10-12-7-5-8-13(16)15(12)17/h5,7-8,11,14,18H,2-4,6,9-10H2,1H3. The van der Waals surface area contributed by atoms with Crippen molar-refractivity contribution in [3.63, 3.8) is 0 Å². The van der Waals surface area contributed by atoms with Crippen LogP contribution in [0.5, 0.6) is 0 Å². The summed E-state index contributed by atoms with van der Waals surface area (Å²) in [6.45, 7) is 3.22. The average molecular weight is 286 g/mol. The maximum absolute atomic E-state index is 6.28. The molecule has 0 aromatic heterocycles. The van der Waals surface area contributed by atoms with Crippen LogP contribution in [-0.2, 0) is 6.42 Å². The van der Waals surface area contributed by atoms with Gasteiger partial charge in [-0.15, -0.1) is 0 Å². The molecule has 1 aliphatic carbocycles. The smallest absolute Gasteiger partial charge is 0.0624 e. The van der Waals surface area contributed by atoms with E-state index in [1.165, 1.54) is 31.2 Å². The first-order chi connectivity index (χ1) is 8.72. The Morgan fingerprint density at radius 2 is 2.00 bits per heavy atom. The van der Waals surface area contributed by atoms with Crippen molar-refractivity contribution >= 4 is 23.2 Å². The van der Waals surface area contributed by atoms with Crippen molar-refractivity contribution in [1.82, 2.24) is 5.32 Å². The highest BCUT2D eigenvalue weighted by molar-refractivity contribution is 6.42. The van der Waals surface area contributed by atoms with Gasteiger partial charge in [-0.2, -0.15) is 0 Å². The van der Waals surface area contributed by atoms with E-state index in [2.05, 4.69) is 18.3 Å². The molecule has 1 nitrogen and oxygen atoms in total. The molecule has 3 heteroatoms. The lowest BCUT2D eigenvalue weighted by atomic mass is 9.80. The molecular weight excluding hydrogens is 265 g/mol. The number of rotatable bonds is 4. The highest BCUT2D eigenvalue weighted by Crippen LogP contribution is 2.32. The third-order valence-electron chi connectivity index (χ3n) is 3.89. The SMILES string of the molecule is CCNC1CCCCC1Cc1cccc(Cl)c1Cl. The summed E-state index contributed by atoms with van der Waals surface area (Å²) in [5.41, 5.74) is 1.19. The number of nitrogens with one attached hydrogen (secondary N) is 1. The fraction of sp³-hybridized carbons (Fsp3) is 0.600. The minimum absolute atomic E-state index is 0.638. The van der Waals surface area contributed by atoms with E-state index < -0.39 is 0 Å². The van der Waals surface area contributed by atoms with Crippen LogP contribution in [0, 0.1) is 5.92 Å². The largest absolute Gasteiger partial charge is 0.314 e. The number of hydrogen-bond donors (Lipinski definition) is 1. The molecule has 0 amide bonds. The highest BCUT2D eigenvalue weighted by Gasteiger charge is 2.25. The predicted molar refractivity (Wildman–Crippen MR) is 79.6 cm³/mol. The van der Waals surface area contributed by atoms with Gasteiger partial charge in [0.05, 0.1) is 10.0 Å². The Bertz CT molecular complexity index is 390. The maximum atomic E-state index is 6.28. The molecular formula is C15H21Cl2N. The third kappa shape index (κ3) is 3.40. The lowest BCUT2D eigenvalue weighted by Gasteiger charge is -2.32. The molecule has 1 saturated carbocycles. The summed E-state index contributed by atoms with van der Waals surface area (Å²) in [6.07, 6.45) is 6.30. The third-order valence-corrected chi connectivity index (χ3v) is 4.75. The van der Waals surface area contributed by atoms with Crippen molar-refractivity contribution in [2.24, 2.45) is 5.92 Å². The fourth-order valence-corrected chi connectivity index (χ4v) is 3.37. The summed E-state index contributed by atoms with van der Waals surface area (Å²) in [5.74, 6) is 0.690. The van der Waals surface area contributed by atoms with Crippen molar-refractivity contribution in [1.29, 1.82) is 0 Å². The molecule has 0 spiro atoms. The van der Waals surface area contributed by atoms with E-state index in [0.29, 0.717) is 17.0 Å². The molecule has 0 radical (unpaired) electrons.